The molecule has 2 amide bonds. The number of urea groups is 1. The number of anilines is 2. The average molecular weight is 412 g/mol. The van der Waals surface area contributed by atoms with Crippen molar-refractivity contribution in [1.82, 2.24) is 15.3 Å². The number of hydrogen-bond donors (Lipinski definition) is 3. The maximum Gasteiger partial charge on any atom is 0.319 e. The number of hydrogen-bond acceptors (Lipinski definition) is 6. The van der Waals surface area contributed by atoms with Gasteiger partial charge in [-0.3, -0.25) is 0 Å². The number of carbonyl (C=O) groups is 1. The fraction of sp³-hybridized carbons (Fsp3) is 0.381. The van der Waals surface area contributed by atoms with Crippen molar-refractivity contribution in [2.45, 2.75) is 32.6 Å². The number of nitrogens with one attached hydrogen (secondary N) is 3. The van der Waals surface area contributed by atoms with Gasteiger partial charge in [-0.15, -0.1) is 11.3 Å². The van der Waals surface area contributed by atoms with Crippen LogP contribution in [-0.4, -0.2) is 36.2 Å². The fourth-order valence-electron chi connectivity index (χ4n) is 3.63. The Morgan fingerprint density at radius 3 is 2.93 bits per heavy atom. The molecule has 7 nitrogen and oxygen atoms in total. The average Bonchev–Trinajstić information content (AvgIpc) is 3.09. The first-order valence-corrected chi connectivity index (χ1v) is 10.7. The predicted molar refractivity (Wildman–Crippen MR) is 117 cm³/mol. The quantitative estimate of drug-likeness (QED) is 0.531. The molecule has 8 heteroatoms. The first-order chi connectivity index (χ1) is 14.1. The summed E-state index contributed by atoms with van der Waals surface area (Å²) in [5.74, 6) is 2.34. The van der Waals surface area contributed by atoms with Gasteiger partial charge in [0.05, 0.1) is 12.5 Å². The Labute approximate surface area is 173 Å². The van der Waals surface area contributed by atoms with E-state index in [0.717, 1.165) is 34.7 Å². The molecule has 0 radical (unpaired) electrons. The van der Waals surface area contributed by atoms with E-state index in [2.05, 4.69) is 25.9 Å². The molecule has 0 unspecified atom stereocenters. The van der Waals surface area contributed by atoms with Gasteiger partial charge in [0.15, 0.2) is 0 Å². The molecule has 152 valence electrons. The van der Waals surface area contributed by atoms with Crippen LogP contribution in [0.3, 0.4) is 0 Å². The molecule has 0 spiro atoms. The van der Waals surface area contributed by atoms with Gasteiger partial charge in [0.1, 0.15) is 22.2 Å². The highest BCUT2D eigenvalue weighted by Crippen LogP contribution is 2.38. The fourth-order valence-corrected chi connectivity index (χ4v) is 4.93. The number of fused-ring (bicyclic) bond motifs is 3. The van der Waals surface area contributed by atoms with Gasteiger partial charge in [0.2, 0.25) is 0 Å². The third-order valence-corrected chi connectivity index (χ3v) is 6.14. The van der Waals surface area contributed by atoms with Crippen LogP contribution in [-0.2, 0) is 12.8 Å². The molecule has 29 heavy (non-hydrogen) atoms. The van der Waals surface area contributed by atoms with E-state index in [0.29, 0.717) is 24.5 Å². The van der Waals surface area contributed by atoms with E-state index < -0.39 is 0 Å². The van der Waals surface area contributed by atoms with Gasteiger partial charge in [-0.05, 0) is 50.3 Å². The van der Waals surface area contributed by atoms with E-state index in [4.69, 9.17) is 4.74 Å². The summed E-state index contributed by atoms with van der Waals surface area (Å²) >= 11 is 1.80. The molecular formula is C21H25N5O2S. The van der Waals surface area contributed by atoms with Gasteiger partial charge in [0.25, 0.3) is 0 Å². The number of thiophene rings is 1. The van der Waals surface area contributed by atoms with E-state index >= 15 is 0 Å². The summed E-state index contributed by atoms with van der Waals surface area (Å²) in [4.78, 5) is 23.9. The summed E-state index contributed by atoms with van der Waals surface area (Å²) in [6.07, 6.45) is 4.71. The lowest BCUT2D eigenvalue weighted by Gasteiger charge is -2.13. The molecule has 4 rings (SSSR count). The summed E-state index contributed by atoms with van der Waals surface area (Å²) in [6, 6.07) is 7.01. The van der Waals surface area contributed by atoms with Crippen LogP contribution in [0.1, 0.15) is 29.1 Å². The first-order valence-electron chi connectivity index (χ1n) is 9.85. The summed E-state index contributed by atoms with van der Waals surface area (Å²) in [5.41, 5.74) is 2.09. The zero-order valence-electron chi connectivity index (χ0n) is 16.7. The van der Waals surface area contributed by atoms with Crippen LogP contribution in [0.4, 0.5) is 16.3 Å². The Kier molecular flexibility index (Phi) is 5.80. The van der Waals surface area contributed by atoms with Crippen LogP contribution in [0, 0.1) is 6.92 Å². The van der Waals surface area contributed by atoms with Crippen molar-refractivity contribution in [1.29, 1.82) is 0 Å². The molecule has 0 saturated heterocycles. The van der Waals surface area contributed by atoms with Crippen molar-refractivity contribution < 1.29 is 9.53 Å². The molecule has 0 bridgehead atoms. The molecule has 0 saturated carbocycles. The number of benzene rings is 1. The Morgan fingerprint density at radius 1 is 1.21 bits per heavy atom. The lowest BCUT2D eigenvalue weighted by atomic mass is 9.97. The molecule has 0 fully saturated rings. The van der Waals surface area contributed by atoms with Crippen molar-refractivity contribution in [3.63, 3.8) is 0 Å². The van der Waals surface area contributed by atoms with Crippen LogP contribution >= 0.6 is 11.3 Å². The van der Waals surface area contributed by atoms with Crippen LogP contribution in [0.25, 0.3) is 10.2 Å². The number of ether oxygens (including phenoxy) is 1. The summed E-state index contributed by atoms with van der Waals surface area (Å²) in [6.45, 7) is 2.98. The number of amides is 2. The third kappa shape index (κ3) is 4.42. The minimum absolute atomic E-state index is 0.253. The molecule has 1 aliphatic rings. The van der Waals surface area contributed by atoms with Crippen LogP contribution in [0.2, 0.25) is 0 Å². The topological polar surface area (TPSA) is 88.2 Å². The monoisotopic (exact) mass is 411 g/mol. The van der Waals surface area contributed by atoms with Crippen molar-refractivity contribution >= 4 is 39.1 Å². The minimum Gasteiger partial charge on any atom is -0.497 e. The maximum atomic E-state index is 12.1. The standard InChI is InChI=1S/C21H25N5O2S/c1-13-24-19(18-16-8-3-4-9-17(16)29-20(18)25-13)22-10-11-23-21(27)26-14-6-5-7-15(12-14)28-2/h5-7,12H,3-4,8-11H2,1-2H3,(H,22,24,25)(H2,23,26,27). The summed E-state index contributed by atoms with van der Waals surface area (Å²) < 4.78 is 5.17. The number of rotatable bonds is 6. The number of aromatic nitrogens is 2. The number of carbonyl (C=O) groups excluding carboxylic acids is 1. The molecule has 3 N–H and O–H groups in total. The molecule has 0 aliphatic heterocycles. The van der Waals surface area contributed by atoms with Gasteiger partial charge in [-0.25, -0.2) is 14.8 Å². The first kappa shape index (κ1) is 19.4. The van der Waals surface area contributed by atoms with Crippen molar-refractivity contribution in [2.24, 2.45) is 0 Å². The maximum absolute atomic E-state index is 12.1. The Hall–Kier alpha value is -2.87. The van der Waals surface area contributed by atoms with E-state index in [1.165, 1.54) is 23.3 Å². The highest BCUT2D eigenvalue weighted by Gasteiger charge is 2.20. The Balaban J connectivity index is 1.36. The SMILES string of the molecule is COc1cccc(NC(=O)NCCNc2nc(C)nc3sc4c(c23)CCCC4)c1. The van der Waals surface area contributed by atoms with Gasteiger partial charge in [0, 0.05) is 29.7 Å². The van der Waals surface area contributed by atoms with Gasteiger partial charge >= 0.3 is 6.03 Å². The van der Waals surface area contributed by atoms with E-state index in [1.807, 2.05) is 25.1 Å². The lowest BCUT2D eigenvalue weighted by Crippen LogP contribution is -2.32. The largest absolute Gasteiger partial charge is 0.497 e. The zero-order chi connectivity index (χ0) is 20.2. The van der Waals surface area contributed by atoms with Crippen molar-refractivity contribution in [3.05, 3.63) is 40.5 Å². The lowest BCUT2D eigenvalue weighted by molar-refractivity contribution is 0.252. The van der Waals surface area contributed by atoms with Crippen LogP contribution in [0.5, 0.6) is 5.75 Å². The highest BCUT2D eigenvalue weighted by atomic mass is 32.1. The van der Waals surface area contributed by atoms with E-state index in [-0.39, 0.29) is 6.03 Å². The number of aryl methyl sites for hydroxylation is 3. The van der Waals surface area contributed by atoms with Gasteiger partial charge in [-0.2, -0.15) is 0 Å². The molecule has 2 aromatic heterocycles. The van der Waals surface area contributed by atoms with E-state index in [1.54, 1.807) is 24.5 Å². The summed E-state index contributed by atoms with van der Waals surface area (Å²) in [5, 5.41) is 10.2. The smallest absolute Gasteiger partial charge is 0.319 e. The normalized spacial score (nSPS) is 13.0. The molecule has 3 aromatic rings. The molecule has 0 atom stereocenters. The van der Waals surface area contributed by atoms with Crippen LogP contribution in [0.15, 0.2) is 24.3 Å². The zero-order valence-corrected chi connectivity index (χ0v) is 17.5. The molecular weight excluding hydrogens is 386 g/mol. The molecule has 1 aliphatic carbocycles. The van der Waals surface area contributed by atoms with Crippen LogP contribution < -0.4 is 20.7 Å². The Bertz CT molecular complexity index is 1030. The van der Waals surface area contributed by atoms with Crippen molar-refractivity contribution in [2.75, 3.05) is 30.8 Å². The Morgan fingerprint density at radius 2 is 2.07 bits per heavy atom. The van der Waals surface area contributed by atoms with Crippen molar-refractivity contribution in [3.8, 4) is 5.75 Å². The second kappa shape index (κ2) is 8.65. The second-order valence-corrected chi connectivity index (χ2v) is 8.13. The second-order valence-electron chi connectivity index (χ2n) is 7.05. The van der Waals surface area contributed by atoms with Gasteiger partial charge in [-0.1, -0.05) is 6.07 Å². The summed E-state index contributed by atoms with van der Waals surface area (Å²) in [7, 11) is 1.60. The predicted octanol–water partition coefficient (Wildman–Crippen LogP) is 4.12. The van der Waals surface area contributed by atoms with E-state index in [9.17, 15) is 4.79 Å². The van der Waals surface area contributed by atoms with Gasteiger partial charge < -0.3 is 20.7 Å². The number of methoxy groups -OCH3 is 1. The highest BCUT2D eigenvalue weighted by molar-refractivity contribution is 7.19. The molecule has 1 aromatic carbocycles. The minimum atomic E-state index is -0.253. The molecule has 2 heterocycles. The third-order valence-electron chi connectivity index (χ3n) is 4.96. The number of nitrogens with zero attached hydrogens (tertiary/aromatic N) is 2.